The monoisotopic (exact) mass is 193 g/mol. The fraction of sp³-hybridized carbons (Fsp3) is 0.444. The molecule has 0 bridgehead atoms. The van der Waals surface area contributed by atoms with E-state index in [9.17, 15) is 9.59 Å². The predicted molar refractivity (Wildman–Crippen MR) is 50.9 cm³/mol. The number of anilines is 1. The van der Waals surface area contributed by atoms with Crippen LogP contribution in [0.25, 0.3) is 0 Å². The minimum Gasteiger partial charge on any atom is -0.379 e. The van der Waals surface area contributed by atoms with Gasteiger partial charge in [0.15, 0.2) is 11.6 Å². The van der Waals surface area contributed by atoms with Crippen molar-refractivity contribution in [3.8, 4) is 0 Å². The quantitative estimate of drug-likeness (QED) is 0.675. The third kappa shape index (κ3) is 1.13. The van der Waals surface area contributed by atoms with Crippen molar-refractivity contribution < 1.29 is 4.79 Å². The van der Waals surface area contributed by atoms with E-state index < -0.39 is 0 Å². The molecule has 1 atom stereocenters. The van der Waals surface area contributed by atoms with Crippen LogP contribution in [0.3, 0.4) is 0 Å². The normalized spacial score (nSPS) is 19.4. The van der Waals surface area contributed by atoms with Crippen LogP contribution in [0.1, 0.15) is 25.1 Å². The van der Waals surface area contributed by atoms with Crippen LogP contribution in [-0.2, 0) is 11.2 Å². The number of nitrogens with zero attached hydrogens (tertiary/aromatic N) is 2. The minimum absolute atomic E-state index is 0.00329. The Labute approximate surface area is 80.6 Å². The van der Waals surface area contributed by atoms with E-state index in [0.717, 1.165) is 5.69 Å². The Morgan fingerprint density at radius 3 is 3.07 bits per heavy atom. The highest BCUT2D eigenvalue weighted by Gasteiger charge is 2.27. The van der Waals surface area contributed by atoms with Gasteiger partial charge in [-0.25, -0.2) is 4.98 Å². The van der Waals surface area contributed by atoms with Crippen molar-refractivity contribution in [3.63, 3.8) is 0 Å². The molecule has 74 valence electrons. The first kappa shape index (κ1) is 8.93. The van der Waals surface area contributed by atoms with Crippen LogP contribution in [0.2, 0.25) is 0 Å². The SMILES string of the molecule is CC(=O)C1CCc2cnc(N)c(=O)n21. The van der Waals surface area contributed by atoms with Crippen molar-refractivity contribution >= 4 is 11.6 Å². The lowest BCUT2D eigenvalue weighted by Crippen LogP contribution is -2.29. The Bertz CT molecular complexity index is 450. The first-order chi connectivity index (χ1) is 6.61. The van der Waals surface area contributed by atoms with Gasteiger partial charge in [-0.3, -0.25) is 14.2 Å². The number of rotatable bonds is 1. The molecule has 2 heterocycles. The van der Waals surface area contributed by atoms with Crippen LogP contribution >= 0.6 is 0 Å². The van der Waals surface area contributed by atoms with Crippen LogP contribution in [0.5, 0.6) is 0 Å². The lowest BCUT2D eigenvalue weighted by atomic mass is 10.1. The molecule has 0 spiro atoms. The lowest BCUT2D eigenvalue weighted by molar-refractivity contribution is -0.119. The lowest BCUT2D eigenvalue weighted by Gasteiger charge is -2.10. The van der Waals surface area contributed by atoms with Gasteiger partial charge in [-0.15, -0.1) is 0 Å². The zero-order chi connectivity index (χ0) is 10.3. The Kier molecular flexibility index (Phi) is 1.87. The summed E-state index contributed by atoms with van der Waals surface area (Å²) in [5, 5.41) is 0. The van der Waals surface area contributed by atoms with Crippen LogP contribution in [-0.4, -0.2) is 15.3 Å². The molecule has 2 rings (SSSR count). The van der Waals surface area contributed by atoms with Gasteiger partial charge < -0.3 is 5.73 Å². The third-order valence-electron chi connectivity index (χ3n) is 2.55. The van der Waals surface area contributed by atoms with Crippen LogP contribution in [0.15, 0.2) is 11.0 Å². The average Bonchev–Trinajstić information content (AvgIpc) is 2.55. The highest BCUT2D eigenvalue weighted by atomic mass is 16.1. The number of ketones is 1. The molecule has 14 heavy (non-hydrogen) atoms. The smallest absolute Gasteiger partial charge is 0.293 e. The second-order valence-corrected chi connectivity index (χ2v) is 3.48. The fourth-order valence-corrected chi connectivity index (χ4v) is 1.84. The maximum Gasteiger partial charge on any atom is 0.293 e. The highest BCUT2D eigenvalue weighted by molar-refractivity contribution is 5.80. The Morgan fingerprint density at radius 2 is 2.43 bits per heavy atom. The summed E-state index contributed by atoms with van der Waals surface area (Å²) in [4.78, 5) is 26.6. The van der Waals surface area contributed by atoms with Gasteiger partial charge in [-0.05, 0) is 19.8 Å². The summed E-state index contributed by atoms with van der Waals surface area (Å²) in [6.07, 6.45) is 2.96. The summed E-state index contributed by atoms with van der Waals surface area (Å²) in [5.41, 5.74) is 5.85. The summed E-state index contributed by atoms with van der Waals surface area (Å²) in [7, 11) is 0. The van der Waals surface area contributed by atoms with E-state index in [1.54, 1.807) is 6.20 Å². The second-order valence-electron chi connectivity index (χ2n) is 3.48. The molecule has 0 fully saturated rings. The van der Waals surface area contributed by atoms with Crippen molar-refractivity contribution in [2.75, 3.05) is 5.73 Å². The largest absolute Gasteiger partial charge is 0.379 e. The molecular weight excluding hydrogens is 182 g/mol. The number of hydrogen-bond acceptors (Lipinski definition) is 4. The second kappa shape index (κ2) is 2.94. The molecular formula is C9H11N3O2. The third-order valence-corrected chi connectivity index (χ3v) is 2.55. The summed E-state index contributed by atoms with van der Waals surface area (Å²) in [5.74, 6) is -0.0432. The van der Waals surface area contributed by atoms with Gasteiger partial charge in [-0.1, -0.05) is 0 Å². The fourth-order valence-electron chi connectivity index (χ4n) is 1.84. The summed E-state index contributed by atoms with van der Waals surface area (Å²) >= 11 is 0. The summed E-state index contributed by atoms with van der Waals surface area (Å²) < 4.78 is 1.46. The average molecular weight is 193 g/mol. The molecule has 0 aliphatic carbocycles. The molecule has 0 saturated carbocycles. The molecule has 0 amide bonds. The first-order valence-electron chi connectivity index (χ1n) is 4.47. The molecule has 0 aromatic carbocycles. The number of nitrogen functional groups attached to an aromatic ring is 1. The van der Waals surface area contributed by atoms with Crippen molar-refractivity contribution in [1.82, 2.24) is 9.55 Å². The molecule has 1 unspecified atom stereocenters. The molecule has 1 aromatic heterocycles. The van der Waals surface area contributed by atoms with E-state index in [0.29, 0.717) is 12.8 Å². The van der Waals surface area contributed by atoms with Gasteiger partial charge in [0.1, 0.15) is 0 Å². The zero-order valence-electron chi connectivity index (χ0n) is 7.86. The maximum atomic E-state index is 11.6. The van der Waals surface area contributed by atoms with Gasteiger partial charge in [0, 0.05) is 11.9 Å². The number of aryl methyl sites for hydroxylation is 1. The van der Waals surface area contributed by atoms with E-state index in [1.165, 1.54) is 11.5 Å². The van der Waals surface area contributed by atoms with Crippen molar-refractivity contribution in [2.45, 2.75) is 25.8 Å². The van der Waals surface area contributed by atoms with Crippen molar-refractivity contribution in [2.24, 2.45) is 0 Å². The van der Waals surface area contributed by atoms with Gasteiger partial charge >= 0.3 is 0 Å². The standard InChI is InChI=1S/C9H11N3O2/c1-5(13)7-3-2-6-4-11-8(10)9(14)12(6)7/h4,7H,2-3H2,1H3,(H2,10,11). The van der Waals surface area contributed by atoms with E-state index in [2.05, 4.69) is 4.98 Å². The Balaban J connectivity index is 2.63. The molecule has 1 aromatic rings. The molecule has 5 nitrogen and oxygen atoms in total. The number of nitrogens with two attached hydrogens (primary N) is 1. The molecule has 1 aliphatic rings. The summed E-state index contributed by atoms with van der Waals surface area (Å²) in [6.45, 7) is 1.49. The Hall–Kier alpha value is -1.65. The highest BCUT2D eigenvalue weighted by Crippen LogP contribution is 2.23. The van der Waals surface area contributed by atoms with E-state index in [4.69, 9.17) is 5.73 Å². The number of carbonyl (C=O) groups is 1. The summed E-state index contributed by atoms with van der Waals surface area (Å²) in [6, 6.07) is -0.345. The van der Waals surface area contributed by atoms with Gasteiger partial charge in [0.2, 0.25) is 0 Å². The number of fused-ring (bicyclic) bond motifs is 1. The van der Waals surface area contributed by atoms with E-state index in [1.807, 2.05) is 0 Å². The van der Waals surface area contributed by atoms with Gasteiger partial charge in [0.05, 0.1) is 6.04 Å². The minimum atomic E-state index is -0.347. The van der Waals surface area contributed by atoms with Crippen LogP contribution in [0.4, 0.5) is 5.82 Å². The van der Waals surface area contributed by atoms with Gasteiger partial charge in [-0.2, -0.15) is 0 Å². The molecule has 5 heteroatoms. The molecule has 2 N–H and O–H groups in total. The molecule has 1 aliphatic heterocycles. The van der Waals surface area contributed by atoms with Crippen molar-refractivity contribution in [3.05, 3.63) is 22.2 Å². The Morgan fingerprint density at radius 1 is 1.71 bits per heavy atom. The van der Waals surface area contributed by atoms with E-state index in [-0.39, 0.29) is 23.2 Å². The van der Waals surface area contributed by atoms with Crippen LogP contribution < -0.4 is 11.3 Å². The predicted octanol–water partition coefficient (Wildman–Crippen LogP) is -0.0982. The molecule has 0 radical (unpaired) electrons. The first-order valence-corrected chi connectivity index (χ1v) is 4.47. The van der Waals surface area contributed by atoms with Gasteiger partial charge in [0.25, 0.3) is 5.56 Å². The number of Topliss-reactive ketones (excluding diaryl/α,β-unsaturated/α-hetero) is 1. The zero-order valence-corrected chi connectivity index (χ0v) is 7.86. The number of aromatic nitrogens is 2. The molecule has 0 saturated heterocycles. The maximum absolute atomic E-state index is 11.6. The van der Waals surface area contributed by atoms with Crippen LogP contribution in [0, 0.1) is 0 Å². The number of hydrogen-bond donors (Lipinski definition) is 1. The topological polar surface area (TPSA) is 78.0 Å². The van der Waals surface area contributed by atoms with Crippen molar-refractivity contribution in [1.29, 1.82) is 0 Å². The van der Waals surface area contributed by atoms with E-state index >= 15 is 0 Å². The number of carbonyl (C=O) groups excluding carboxylic acids is 1.